The molecule has 0 bridgehead atoms. The Balaban J connectivity index is 1.86. The lowest BCUT2D eigenvalue weighted by Crippen LogP contribution is -2.39. The molecule has 0 saturated heterocycles. The van der Waals surface area contributed by atoms with Crippen molar-refractivity contribution in [3.63, 3.8) is 0 Å². The van der Waals surface area contributed by atoms with Gasteiger partial charge in [-0.2, -0.15) is 0 Å². The molecule has 3 rings (SSSR count). The molecule has 9 heteroatoms. The predicted octanol–water partition coefficient (Wildman–Crippen LogP) is 6.08. The topological polar surface area (TPSA) is 45.7 Å². The molecule has 0 N–H and O–H groups in total. The first-order valence-corrected chi connectivity index (χ1v) is 12.6. The van der Waals surface area contributed by atoms with Crippen LogP contribution in [-0.2, 0) is 4.79 Å². The second-order valence-electron chi connectivity index (χ2n) is 6.74. The molecule has 3 aromatic rings. The maximum atomic E-state index is 13.3. The van der Waals surface area contributed by atoms with Crippen LogP contribution >= 0.6 is 46.3 Å². The van der Waals surface area contributed by atoms with E-state index in [-0.39, 0.29) is 5.91 Å². The second kappa shape index (κ2) is 11.4. The Labute approximate surface area is 201 Å². The normalized spacial score (nSPS) is 11.3. The van der Waals surface area contributed by atoms with Gasteiger partial charge < -0.3 is 9.64 Å². The van der Waals surface area contributed by atoms with E-state index in [0.29, 0.717) is 38.7 Å². The van der Waals surface area contributed by atoms with Crippen LogP contribution in [0.15, 0.2) is 41.3 Å². The first kappa shape index (κ1) is 24.1. The van der Waals surface area contributed by atoms with Crippen LogP contribution in [0.3, 0.4) is 0 Å². The zero-order chi connectivity index (χ0) is 22.4. The number of halogens is 2. The molecule has 1 heterocycles. The van der Waals surface area contributed by atoms with Gasteiger partial charge in [-0.1, -0.05) is 48.4 Å². The van der Waals surface area contributed by atoms with Crippen molar-refractivity contribution in [1.29, 1.82) is 0 Å². The highest BCUT2D eigenvalue weighted by atomic mass is 35.5. The molecule has 0 unspecified atom stereocenters. The molecule has 0 spiro atoms. The molecule has 2 aromatic carbocycles. The van der Waals surface area contributed by atoms with Crippen molar-refractivity contribution in [1.82, 2.24) is 9.88 Å². The van der Waals surface area contributed by atoms with E-state index >= 15 is 0 Å². The molecular weight excluding hydrogens is 473 g/mol. The molecule has 0 saturated carbocycles. The van der Waals surface area contributed by atoms with Crippen LogP contribution in [0.2, 0.25) is 10.0 Å². The fourth-order valence-electron chi connectivity index (χ4n) is 3.08. The monoisotopic (exact) mass is 497 g/mol. The Morgan fingerprint density at radius 1 is 1.10 bits per heavy atom. The average molecular weight is 499 g/mol. The van der Waals surface area contributed by atoms with Gasteiger partial charge in [-0.05, 0) is 49.5 Å². The van der Waals surface area contributed by atoms with E-state index in [1.165, 1.54) is 23.1 Å². The predicted molar refractivity (Wildman–Crippen MR) is 133 cm³/mol. The largest absolute Gasteiger partial charge is 0.494 e. The van der Waals surface area contributed by atoms with E-state index in [1.54, 1.807) is 24.1 Å². The van der Waals surface area contributed by atoms with Gasteiger partial charge in [-0.15, -0.1) is 11.8 Å². The van der Waals surface area contributed by atoms with E-state index in [9.17, 15) is 4.79 Å². The van der Waals surface area contributed by atoms with Crippen LogP contribution in [0.4, 0.5) is 5.13 Å². The van der Waals surface area contributed by atoms with E-state index in [4.69, 9.17) is 32.9 Å². The summed E-state index contributed by atoms with van der Waals surface area (Å²) in [5.41, 5.74) is 0.681. The van der Waals surface area contributed by atoms with Gasteiger partial charge in [-0.25, -0.2) is 4.98 Å². The summed E-state index contributed by atoms with van der Waals surface area (Å²) in [5, 5.41) is 1.92. The number of anilines is 1. The van der Waals surface area contributed by atoms with Crippen molar-refractivity contribution in [3.8, 4) is 5.75 Å². The van der Waals surface area contributed by atoms with Crippen LogP contribution in [0.25, 0.3) is 10.2 Å². The SMILES string of the molecule is CCN(CC)CCN(C(=O)CSc1ccc(Cl)cc1)c1nc2c(OC)ccc(Cl)c2s1. The zero-order valence-electron chi connectivity index (χ0n) is 17.7. The van der Waals surface area contributed by atoms with Crippen molar-refractivity contribution in [2.45, 2.75) is 18.7 Å². The summed E-state index contributed by atoms with van der Waals surface area (Å²) < 4.78 is 6.26. The smallest absolute Gasteiger partial charge is 0.239 e. The van der Waals surface area contributed by atoms with Crippen LogP contribution in [0, 0.1) is 0 Å². The van der Waals surface area contributed by atoms with Crippen molar-refractivity contribution in [2.24, 2.45) is 0 Å². The maximum Gasteiger partial charge on any atom is 0.239 e. The van der Waals surface area contributed by atoms with E-state index in [1.807, 2.05) is 24.3 Å². The van der Waals surface area contributed by atoms with Crippen LogP contribution in [0.1, 0.15) is 13.8 Å². The first-order valence-electron chi connectivity index (χ1n) is 10.0. The molecule has 0 fully saturated rings. The number of carbonyl (C=O) groups excluding carboxylic acids is 1. The Morgan fingerprint density at radius 2 is 1.81 bits per heavy atom. The highest BCUT2D eigenvalue weighted by molar-refractivity contribution is 8.00. The highest BCUT2D eigenvalue weighted by Gasteiger charge is 2.22. The molecule has 0 aliphatic heterocycles. The highest BCUT2D eigenvalue weighted by Crippen LogP contribution is 2.39. The number of aromatic nitrogens is 1. The number of hydrogen-bond donors (Lipinski definition) is 0. The van der Waals surface area contributed by atoms with E-state index in [0.717, 1.165) is 29.2 Å². The van der Waals surface area contributed by atoms with Gasteiger partial charge in [0.25, 0.3) is 0 Å². The van der Waals surface area contributed by atoms with Crippen LogP contribution < -0.4 is 9.64 Å². The molecule has 0 radical (unpaired) electrons. The molecule has 0 aliphatic carbocycles. The molecule has 1 aromatic heterocycles. The van der Waals surface area contributed by atoms with Gasteiger partial charge in [0, 0.05) is 23.0 Å². The Morgan fingerprint density at radius 3 is 2.45 bits per heavy atom. The van der Waals surface area contributed by atoms with Gasteiger partial charge in [-0.3, -0.25) is 9.69 Å². The second-order valence-corrected chi connectivity index (χ2v) is 9.61. The van der Waals surface area contributed by atoms with Gasteiger partial charge >= 0.3 is 0 Å². The quantitative estimate of drug-likeness (QED) is 0.317. The Bertz CT molecular complexity index is 1020. The number of nitrogens with zero attached hydrogens (tertiary/aromatic N) is 3. The van der Waals surface area contributed by atoms with E-state index < -0.39 is 0 Å². The van der Waals surface area contributed by atoms with Crippen LogP contribution in [-0.4, -0.2) is 54.8 Å². The number of fused-ring (bicyclic) bond motifs is 1. The summed E-state index contributed by atoms with van der Waals surface area (Å²) in [6, 6.07) is 11.1. The lowest BCUT2D eigenvalue weighted by atomic mass is 10.3. The van der Waals surface area contributed by atoms with Gasteiger partial charge in [0.15, 0.2) is 5.13 Å². The molecule has 5 nitrogen and oxygen atoms in total. The lowest BCUT2D eigenvalue weighted by molar-refractivity contribution is -0.116. The summed E-state index contributed by atoms with van der Waals surface area (Å²) in [5.74, 6) is 0.954. The maximum absolute atomic E-state index is 13.3. The van der Waals surface area contributed by atoms with Crippen molar-refractivity contribution >= 4 is 67.6 Å². The van der Waals surface area contributed by atoms with Crippen molar-refractivity contribution in [2.75, 3.05) is 43.9 Å². The number of hydrogen-bond acceptors (Lipinski definition) is 6. The number of likely N-dealkylation sites (N-methyl/N-ethyl adjacent to an activating group) is 1. The number of methoxy groups -OCH3 is 1. The number of rotatable bonds is 10. The number of ether oxygens (including phenoxy) is 1. The van der Waals surface area contributed by atoms with E-state index in [2.05, 4.69) is 18.7 Å². The minimum atomic E-state index is 0.00116. The lowest BCUT2D eigenvalue weighted by Gasteiger charge is -2.24. The number of amides is 1. The molecule has 31 heavy (non-hydrogen) atoms. The standard InChI is InChI=1S/C22H25Cl2N3O2S2/c1-4-26(5-2)12-13-27(19(28)14-30-16-8-6-15(23)7-9-16)22-25-20-18(29-3)11-10-17(24)21(20)31-22/h6-11H,4-5,12-14H2,1-3H3. The van der Waals surface area contributed by atoms with Crippen molar-refractivity contribution in [3.05, 3.63) is 46.4 Å². The van der Waals surface area contributed by atoms with Gasteiger partial charge in [0.1, 0.15) is 11.3 Å². The van der Waals surface area contributed by atoms with Gasteiger partial charge in [0.05, 0.1) is 22.6 Å². The summed E-state index contributed by atoms with van der Waals surface area (Å²) >= 11 is 15.3. The van der Waals surface area contributed by atoms with Crippen LogP contribution in [0.5, 0.6) is 5.75 Å². The fourth-order valence-corrected chi connectivity index (χ4v) is 5.28. The Kier molecular flexibility index (Phi) is 8.86. The first-order chi connectivity index (χ1) is 15.0. The summed E-state index contributed by atoms with van der Waals surface area (Å²) in [6.07, 6.45) is 0. The molecule has 166 valence electrons. The molecule has 0 atom stereocenters. The molecule has 1 amide bonds. The number of carbonyl (C=O) groups is 1. The minimum absolute atomic E-state index is 0.00116. The number of thiazole rings is 1. The molecular formula is C22H25Cl2N3O2S2. The zero-order valence-corrected chi connectivity index (χ0v) is 20.9. The minimum Gasteiger partial charge on any atom is -0.494 e. The summed E-state index contributed by atoms with van der Waals surface area (Å²) in [7, 11) is 1.60. The summed E-state index contributed by atoms with van der Waals surface area (Å²) in [4.78, 5) is 23.0. The van der Waals surface area contributed by atoms with Gasteiger partial charge in [0.2, 0.25) is 5.91 Å². The molecule has 0 aliphatic rings. The van der Waals surface area contributed by atoms with Crippen molar-refractivity contribution < 1.29 is 9.53 Å². The number of thioether (sulfide) groups is 1. The summed E-state index contributed by atoms with van der Waals surface area (Å²) in [6.45, 7) is 7.42. The Hall–Kier alpha value is -1.51. The fraction of sp³-hybridized carbons (Fsp3) is 0.364. The third kappa shape index (κ3) is 6.05. The average Bonchev–Trinajstić information content (AvgIpc) is 3.22. The number of benzene rings is 2. The third-order valence-corrected chi connectivity index (χ3v) is 7.70. The third-order valence-electron chi connectivity index (χ3n) is 4.91.